The van der Waals surface area contributed by atoms with Gasteiger partial charge in [0.1, 0.15) is 5.82 Å². The van der Waals surface area contributed by atoms with Gasteiger partial charge in [-0.3, -0.25) is 0 Å². The Morgan fingerprint density at radius 2 is 1.82 bits per heavy atom. The minimum absolute atomic E-state index is 0.331. The smallest absolute Gasteiger partial charge is 0.123 e. The first kappa shape index (κ1) is 14.3. The van der Waals surface area contributed by atoms with Gasteiger partial charge in [0, 0.05) is 18.8 Å². The van der Waals surface area contributed by atoms with Crippen LogP contribution in [-0.4, -0.2) is 13.1 Å². The molecule has 1 aliphatic heterocycles. The fraction of sp³-hybridized carbons (Fsp3) is 0.211. The zero-order chi connectivity index (χ0) is 15.4. The van der Waals surface area contributed by atoms with Crippen molar-refractivity contribution in [3.63, 3.8) is 0 Å². The first-order valence-electron chi connectivity index (χ1n) is 7.49. The molecule has 110 valence electrons. The molecule has 0 spiro atoms. The number of nitriles is 1. The number of nitrogens with zero attached hydrogens (tertiary/aromatic N) is 2. The molecule has 0 atom stereocenters. The van der Waals surface area contributed by atoms with Crippen molar-refractivity contribution in [1.82, 2.24) is 0 Å². The van der Waals surface area contributed by atoms with E-state index in [1.54, 1.807) is 18.2 Å². The van der Waals surface area contributed by atoms with Gasteiger partial charge in [0.25, 0.3) is 0 Å². The number of halogens is 1. The van der Waals surface area contributed by atoms with Crippen LogP contribution in [0.3, 0.4) is 0 Å². The van der Waals surface area contributed by atoms with E-state index >= 15 is 0 Å². The van der Waals surface area contributed by atoms with E-state index in [1.165, 1.54) is 30.7 Å². The van der Waals surface area contributed by atoms with E-state index in [4.69, 9.17) is 0 Å². The normalized spacial score (nSPS) is 14.9. The van der Waals surface area contributed by atoms with Crippen molar-refractivity contribution in [1.29, 1.82) is 5.26 Å². The molecule has 1 fully saturated rings. The molecule has 0 bridgehead atoms. The summed E-state index contributed by atoms with van der Waals surface area (Å²) in [5, 5.41) is 9.31. The minimum Gasteiger partial charge on any atom is -0.372 e. The molecule has 0 unspecified atom stereocenters. The maximum Gasteiger partial charge on any atom is 0.123 e. The predicted octanol–water partition coefficient (Wildman–Crippen LogP) is 4.49. The van der Waals surface area contributed by atoms with Crippen molar-refractivity contribution >= 4 is 17.3 Å². The Kier molecular flexibility index (Phi) is 4.20. The molecule has 0 aromatic heterocycles. The maximum absolute atomic E-state index is 13.3. The second kappa shape index (κ2) is 6.44. The van der Waals surface area contributed by atoms with Gasteiger partial charge in [0.15, 0.2) is 0 Å². The Hall–Kier alpha value is -2.60. The second-order valence-electron chi connectivity index (χ2n) is 5.47. The summed E-state index contributed by atoms with van der Waals surface area (Å²) in [7, 11) is 0. The minimum atomic E-state index is -0.331. The zero-order valence-corrected chi connectivity index (χ0v) is 12.3. The highest BCUT2D eigenvalue weighted by Crippen LogP contribution is 2.23. The molecule has 3 heteroatoms. The van der Waals surface area contributed by atoms with Crippen molar-refractivity contribution < 1.29 is 4.39 Å². The van der Waals surface area contributed by atoms with Crippen LogP contribution in [0, 0.1) is 17.1 Å². The van der Waals surface area contributed by atoms with Crippen molar-refractivity contribution in [2.45, 2.75) is 12.8 Å². The number of allylic oxidation sites excluding steroid dienone is 1. The SMILES string of the molecule is N#CC(=Cc1ccc(N2CCCC2)cc1)c1cccc(F)c1. The van der Waals surface area contributed by atoms with Gasteiger partial charge in [-0.15, -0.1) is 0 Å². The van der Waals surface area contributed by atoms with Crippen LogP contribution in [0.1, 0.15) is 24.0 Å². The van der Waals surface area contributed by atoms with E-state index in [0.29, 0.717) is 11.1 Å². The fourth-order valence-corrected chi connectivity index (χ4v) is 2.76. The van der Waals surface area contributed by atoms with Crippen LogP contribution >= 0.6 is 0 Å². The second-order valence-corrected chi connectivity index (χ2v) is 5.47. The average Bonchev–Trinajstić information content (AvgIpc) is 3.07. The van der Waals surface area contributed by atoms with Crippen LogP contribution in [0.15, 0.2) is 48.5 Å². The highest BCUT2D eigenvalue weighted by molar-refractivity contribution is 5.89. The summed E-state index contributed by atoms with van der Waals surface area (Å²) >= 11 is 0. The molecule has 0 radical (unpaired) electrons. The third-order valence-electron chi connectivity index (χ3n) is 3.93. The van der Waals surface area contributed by atoms with E-state index in [0.717, 1.165) is 18.7 Å². The van der Waals surface area contributed by atoms with Gasteiger partial charge >= 0.3 is 0 Å². The molecule has 1 heterocycles. The number of hydrogen-bond acceptors (Lipinski definition) is 2. The topological polar surface area (TPSA) is 27.0 Å². The Morgan fingerprint density at radius 3 is 2.45 bits per heavy atom. The molecule has 1 aliphatic rings. The lowest BCUT2D eigenvalue weighted by Crippen LogP contribution is -2.17. The van der Waals surface area contributed by atoms with E-state index in [-0.39, 0.29) is 5.82 Å². The van der Waals surface area contributed by atoms with Crippen LogP contribution in [0.2, 0.25) is 0 Å². The summed E-state index contributed by atoms with van der Waals surface area (Å²) in [4.78, 5) is 2.37. The van der Waals surface area contributed by atoms with Crippen LogP contribution in [0.5, 0.6) is 0 Å². The van der Waals surface area contributed by atoms with Crippen LogP contribution < -0.4 is 4.90 Å². The molecule has 0 saturated carbocycles. The van der Waals surface area contributed by atoms with Crippen LogP contribution in [0.25, 0.3) is 11.6 Å². The summed E-state index contributed by atoms with van der Waals surface area (Å²) in [6, 6.07) is 16.4. The predicted molar refractivity (Wildman–Crippen MR) is 87.8 cm³/mol. The van der Waals surface area contributed by atoms with Gasteiger partial charge in [0.05, 0.1) is 11.6 Å². The lowest BCUT2D eigenvalue weighted by molar-refractivity contribution is 0.627. The molecule has 1 saturated heterocycles. The molecule has 3 rings (SSSR count). The quantitative estimate of drug-likeness (QED) is 0.615. The van der Waals surface area contributed by atoms with E-state index in [1.807, 2.05) is 12.1 Å². The summed E-state index contributed by atoms with van der Waals surface area (Å²) in [5.74, 6) is -0.331. The van der Waals surface area contributed by atoms with Crippen molar-refractivity contribution in [3.8, 4) is 6.07 Å². The zero-order valence-electron chi connectivity index (χ0n) is 12.3. The summed E-state index contributed by atoms with van der Waals surface area (Å²) in [5.41, 5.74) is 3.24. The van der Waals surface area contributed by atoms with Crippen molar-refractivity contribution in [3.05, 3.63) is 65.5 Å². The van der Waals surface area contributed by atoms with Crippen LogP contribution in [0.4, 0.5) is 10.1 Å². The van der Waals surface area contributed by atoms with Gasteiger partial charge in [-0.25, -0.2) is 4.39 Å². The van der Waals surface area contributed by atoms with Gasteiger partial charge < -0.3 is 4.90 Å². The third kappa shape index (κ3) is 3.17. The first-order chi connectivity index (χ1) is 10.8. The Balaban J connectivity index is 1.85. The largest absolute Gasteiger partial charge is 0.372 e. The lowest BCUT2D eigenvalue weighted by Gasteiger charge is -2.17. The molecule has 2 aromatic rings. The third-order valence-corrected chi connectivity index (χ3v) is 3.93. The highest BCUT2D eigenvalue weighted by Gasteiger charge is 2.11. The van der Waals surface area contributed by atoms with E-state index < -0.39 is 0 Å². The van der Waals surface area contributed by atoms with Gasteiger partial charge in [-0.2, -0.15) is 5.26 Å². The van der Waals surface area contributed by atoms with E-state index in [9.17, 15) is 9.65 Å². The molecular weight excluding hydrogens is 275 g/mol. The molecule has 22 heavy (non-hydrogen) atoms. The Labute approximate surface area is 130 Å². The van der Waals surface area contributed by atoms with Gasteiger partial charge in [0.2, 0.25) is 0 Å². The van der Waals surface area contributed by atoms with Gasteiger partial charge in [-0.05, 0) is 54.3 Å². The molecule has 0 N–H and O–H groups in total. The molecule has 2 nitrogen and oxygen atoms in total. The molecular formula is C19H17FN2. The monoisotopic (exact) mass is 292 g/mol. The van der Waals surface area contributed by atoms with Crippen molar-refractivity contribution in [2.24, 2.45) is 0 Å². The van der Waals surface area contributed by atoms with E-state index in [2.05, 4.69) is 23.1 Å². The standard InChI is InChI=1S/C19H17FN2/c20-18-5-3-4-16(13-18)17(14-21)12-15-6-8-19(9-7-15)22-10-1-2-11-22/h3-9,12-13H,1-2,10-11H2. The fourth-order valence-electron chi connectivity index (χ4n) is 2.76. The van der Waals surface area contributed by atoms with Crippen molar-refractivity contribution in [2.75, 3.05) is 18.0 Å². The average molecular weight is 292 g/mol. The first-order valence-corrected chi connectivity index (χ1v) is 7.49. The molecule has 2 aromatic carbocycles. The Bertz CT molecular complexity index is 720. The number of anilines is 1. The molecule has 0 aliphatic carbocycles. The van der Waals surface area contributed by atoms with Crippen LogP contribution in [-0.2, 0) is 0 Å². The molecule has 0 amide bonds. The van der Waals surface area contributed by atoms with Gasteiger partial charge in [-0.1, -0.05) is 24.3 Å². The Morgan fingerprint density at radius 1 is 1.09 bits per heavy atom. The summed E-state index contributed by atoms with van der Waals surface area (Å²) < 4.78 is 13.3. The summed E-state index contributed by atoms with van der Waals surface area (Å²) in [6.45, 7) is 2.23. The maximum atomic E-state index is 13.3. The summed E-state index contributed by atoms with van der Waals surface area (Å²) in [6.07, 6.45) is 4.29. The number of benzene rings is 2. The lowest BCUT2D eigenvalue weighted by atomic mass is 10.0. The number of rotatable bonds is 3. The highest BCUT2D eigenvalue weighted by atomic mass is 19.1. The number of hydrogen-bond donors (Lipinski definition) is 0.